The number of methoxy groups -OCH3 is 1. The molecule has 24 heavy (non-hydrogen) atoms. The third-order valence-electron chi connectivity index (χ3n) is 4.78. The molecule has 128 valence electrons. The van der Waals surface area contributed by atoms with Gasteiger partial charge in [0.25, 0.3) is 0 Å². The maximum Gasteiger partial charge on any atom is 0.223 e. The van der Waals surface area contributed by atoms with Gasteiger partial charge in [-0.1, -0.05) is 25.0 Å². The molecule has 0 spiro atoms. The van der Waals surface area contributed by atoms with E-state index in [0.717, 1.165) is 31.6 Å². The number of rotatable bonds is 5. The lowest BCUT2D eigenvalue weighted by atomic mass is 10.00. The van der Waals surface area contributed by atoms with Gasteiger partial charge in [-0.15, -0.1) is 0 Å². The average molecular weight is 343 g/mol. The van der Waals surface area contributed by atoms with E-state index in [-0.39, 0.29) is 11.9 Å². The molecule has 0 bridgehead atoms. The van der Waals surface area contributed by atoms with Gasteiger partial charge in [0.05, 0.1) is 13.2 Å². The Morgan fingerprint density at radius 1 is 1.21 bits per heavy atom. The summed E-state index contributed by atoms with van der Waals surface area (Å²) in [5.41, 5.74) is 2.49. The van der Waals surface area contributed by atoms with Crippen molar-refractivity contribution in [2.75, 3.05) is 13.7 Å². The van der Waals surface area contributed by atoms with Gasteiger partial charge in [0, 0.05) is 13.0 Å². The monoisotopic (exact) mass is 343 g/mol. The Bertz CT molecular complexity index is 636. The minimum Gasteiger partial charge on any atom is -0.497 e. The van der Waals surface area contributed by atoms with Crippen molar-refractivity contribution in [3.63, 3.8) is 0 Å². The molecule has 2 aromatic rings. The Morgan fingerprint density at radius 2 is 2.04 bits per heavy atom. The Hall–Kier alpha value is -1.81. The van der Waals surface area contributed by atoms with Crippen molar-refractivity contribution in [3.8, 4) is 5.75 Å². The van der Waals surface area contributed by atoms with Gasteiger partial charge in [-0.25, -0.2) is 0 Å². The maximum absolute atomic E-state index is 12.9. The van der Waals surface area contributed by atoms with E-state index < -0.39 is 0 Å². The van der Waals surface area contributed by atoms with Gasteiger partial charge in [-0.05, 0) is 59.3 Å². The first kappa shape index (κ1) is 17.0. The summed E-state index contributed by atoms with van der Waals surface area (Å²) in [7, 11) is 1.68. The number of benzene rings is 1. The zero-order valence-electron chi connectivity index (χ0n) is 14.2. The molecule has 4 heteroatoms. The average Bonchev–Trinajstić information content (AvgIpc) is 3.02. The summed E-state index contributed by atoms with van der Waals surface area (Å²) in [6.07, 6.45) is 6.00. The lowest BCUT2D eigenvalue weighted by Crippen LogP contribution is -2.35. The number of hydrogen-bond donors (Lipinski definition) is 0. The third-order valence-corrected chi connectivity index (χ3v) is 5.51. The molecule has 0 N–H and O–H groups in total. The summed E-state index contributed by atoms with van der Waals surface area (Å²) in [6.45, 7) is 0.874. The third kappa shape index (κ3) is 4.18. The largest absolute Gasteiger partial charge is 0.497 e. The van der Waals surface area contributed by atoms with E-state index in [4.69, 9.17) is 4.74 Å². The lowest BCUT2D eigenvalue weighted by Gasteiger charge is -2.30. The number of ether oxygens (including phenoxy) is 1. The van der Waals surface area contributed by atoms with Crippen molar-refractivity contribution >= 4 is 17.2 Å². The van der Waals surface area contributed by atoms with Crippen LogP contribution in [0.25, 0.3) is 0 Å². The number of hydrogen-bond acceptors (Lipinski definition) is 3. The van der Waals surface area contributed by atoms with Crippen LogP contribution in [0, 0.1) is 0 Å². The highest BCUT2D eigenvalue weighted by atomic mass is 32.1. The first-order chi connectivity index (χ1) is 11.8. The Balaban J connectivity index is 1.72. The molecule has 1 amide bonds. The zero-order chi connectivity index (χ0) is 16.8. The standard InChI is InChI=1S/C20H25NO2S/c1-23-18-9-7-17(8-10-18)19-5-3-2-4-13-21(19)20(22)11-6-16-12-14-24-15-16/h7-10,12,14-15,19H,2-6,11,13H2,1H3. The number of aryl methyl sites for hydroxylation is 1. The molecule has 1 aromatic heterocycles. The van der Waals surface area contributed by atoms with Crippen molar-refractivity contribution in [1.82, 2.24) is 4.90 Å². The summed E-state index contributed by atoms with van der Waals surface area (Å²) >= 11 is 1.69. The summed E-state index contributed by atoms with van der Waals surface area (Å²) in [4.78, 5) is 15.0. The molecule has 1 atom stereocenters. The number of amides is 1. The number of likely N-dealkylation sites (tertiary alicyclic amines) is 1. The van der Waals surface area contributed by atoms with Crippen molar-refractivity contribution in [2.24, 2.45) is 0 Å². The second-order valence-corrected chi connectivity index (χ2v) is 7.14. The van der Waals surface area contributed by atoms with Crippen LogP contribution < -0.4 is 4.74 Å². The molecular weight excluding hydrogens is 318 g/mol. The van der Waals surface area contributed by atoms with E-state index in [0.29, 0.717) is 6.42 Å². The number of carbonyl (C=O) groups excluding carboxylic acids is 1. The molecule has 3 rings (SSSR count). The molecule has 1 aliphatic rings. The SMILES string of the molecule is COc1ccc(C2CCCCCN2C(=O)CCc2ccsc2)cc1. The van der Waals surface area contributed by atoms with Gasteiger partial charge in [0.1, 0.15) is 5.75 Å². The molecular formula is C20H25NO2S. The minimum absolute atomic E-state index is 0.202. The predicted molar refractivity (Wildman–Crippen MR) is 98.6 cm³/mol. The zero-order valence-corrected chi connectivity index (χ0v) is 15.1. The highest BCUT2D eigenvalue weighted by Gasteiger charge is 2.26. The van der Waals surface area contributed by atoms with Crippen molar-refractivity contribution in [3.05, 3.63) is 52.2 Å². The van der Waals surface area contributed by atoms with Gasteiger partial charge in [0.2, 0.25) is 5.91 Å². The van der Waals surface area contributed by atoms with Crippen LogP contribution in [-0.2, 0) is 11.2 Å². The van der Waals surface area contributed by atoms with Crippen LogP contribution in [-0.4, -0.2) is 24.5 Å². The molecule has 3 nitrogen and oxygen atoms in total. The topological polar surface area (TPSA) is 29.5 Å². The van der Waals surface area contributed by atoms with Gasteiger partial charge >= 0.3 is 0 Å². The smallest absolute Gasteiger partial charge is 0.223 e. The van der Waals surface area contributed by atoms with Gasteiger partial charge in [-0.3, -0.25) is 4.79 Å². The number of thiophene rings is 1. The molecule has 1 aliphatic heterocycles. The minimum atomic E-state index is 0.202. The molecule has 2 heterocycles. The van der Waals surface area contributed by atoms with Crippen molar-refractivity contribution < 1.29 is 9.53 Å². The van der Waals surface area contributed by atoms with Crippen molar-refractivity contribution in [1.29, 1.82) is 0 Å². The Labute approximate surface area is 148 Å². The van der Waals surface area contributed by atoms with E-state index in [1.165, 1.54) is 24.0 Å². The van der Waals surface area contributed by atoms with Gasteiger partial charge < -0.3 is 9.64 Å². The predicted octanol–water partition coefficient (Wildman–Crippen LogP) is 4.83. The quantitative estimate of drug-likeness (QED) is 0.778. The van der Waals surface area contributed by atoms with Gasteiger partial charge in [0.15, 0.2) is 0 Å². The fraction of sp³-hybridized carbons (Fsp3) is 0.450. The molecule has 1 saturated heterocycles. The fourth-order valence-corrected chi connectivity index (χ4v) is 4.11. The summed E-state index contributed by atoms with van der Waals surface area (Å²) < 4.78 is 5.26. The van der Waals surface area contributed by atoms with Crippen LogP contribution in [0.4, 0.5) is 0 Å². The molecule has 1 aromatic carbocycles. The number of nitrogens with zero attached hydrogens (tertiary/aromatic N) is 1. The lowest BCUT2D eigenvalue weighted by molar-refractivity contribution is -0.133. The summed E-state index contributed by atoms with van der Waals surface area (Å²) in [5, 5.41) is 4.21. The molecule has 0 saturated carbocycles. The van der Waals surface area contributed by atoms with Crippen LogP contribution in [0.2, 0.25) is 0 Å². The van der Waals surface area contributed by atoms with Crippen molar-refractivity contribution in [2.45, 2.75) is 44.6 Å². The molecule has 0 radical (unpaired) electrons. The summed E-state index contributed by atoms with van der Waals surface area (Å²) in [6, 6.07) is 10.5. The normalized spacial score (nSPS) is 18.2. The molecule has 1 fully saturated rings. The first-order valence-corrected chi connectivity index (χ1v) is 9.66. The van der Waals surface area contributed by atoms with Gasteiger partial charge in [-0.2, -0.15) is 11.3 Å². The number of carbonyl (C=O) groups is 1. The maximum atomic E-state index is 12.9. The van der Waals surface area contributed by atoms with Crippen LogP contribution in [0.1, 0.15) is 49.3 Å². The van der Waals surface area contributed by atoms with Crippen LogP contribution >= 0.6 is 11.3 Å². The van der Waals surface area contributed by atoms with E-state index in [2.05, 4.69) is 33.9 Å². The fourth-order valence-electron chi connectivity index (χ4n) is 3.41. The van der Waals surface area contributed by atoms with Crippen LogP contribution in [0.3, 0.4) is 0 Å². The van der Waals surface area contributed by atoms with E-state index in [1.807, 2.05) is 12.1 Å². The highest BCUT2D eigenvalue weighted by molar-refractivity contribution is 7.07. The van der Waals surface area contributed by atoms with E-state index in [1.54, 1.807) is 18.4 Å². The molecule has 0 aliphatic carbocycles. The Morgan fingerprint density at radius 3 is 2.75 bits per heavy atom. The Kier molecular flexibility index (Phi) is 5.91. The highest BCUT2D eigenvalue weighted by Crippen LogP contribution is 2.31. The second kappa shape index (κ2) is 8.34. The van der Waals surface area contributed by atoms with E-state index in [9.17, 15) is 4.79 Å². The second-order valence-electron chi connectivity index (χ2n) is 6.36. The van der Waals surface area contributed by atoms with Crippen LogP contribution in [0.5, 0.6) is 5.75 Å². The van der Waals surface area contributed by atoms with Crippen LogP contribution in [0.15, 0.2) is 41.1 Å². The molecule has 1 unspecified atom stereocenters. The van der Waals surface area contributed by atoms with E-state index >= 15 is 0 Å². The summed E-state index contributed by atoms with van der Waals surface area (Å²) in [5.74, 6) is 1.15. The first-order valence-electron chi connectivity index (χ1n) is 8.72.